The molecule has 0 aromatic heterocycles. The van der Waals surface area contributed by atoms with Gasteiger partial charge in [-0.15, -0.1) is 12.4 Å². The number of nitrogens with one attached hydrogen (secondary N) is 1. The summed E-state index contributed by atoms with van der Waals surface area (Å²) in [6, 6.07) is 28.7. The van der Waals surface area contributed by atoms with Crippen molar-refractivity contribution in [2.24, 2.45) is 5.73 Å². The molecule has 48 heavy (non-hydrogen) atoms. The van der Waals surface area contributed by atoms with Crippen LogP contribution in [0.1, 0.15) is 55.1 Å². The van der Waals surface area contributed by atoms with E-state index in [9.17, 15) is 23.2 Å². The van der Waals surface area contributed by atoms with Gasteiger partial charge < -0.3 is 25.6 Å². The van der Waals surface area contributed by atoms with Gasteiger partial charge in [-0.2, -0.15) is 0 Å². The van der Waals surface area contributed by atoms with Crippen LogP contribution in [0.25, 0.3) is 0 Å². The number of halogens is 3. The third-order valence-corrected chi connectivity index (χ3v) is 6.88. The fourth-order valence-electron chi connectivity index (χ4n) is 4.50. The number of nitrogens with zero attached hydrogens (tertiary/aromatic N) is 2. The van der Waals surface area contributed by atoms with Gasteiger partial charge >= 0.3 is 6.09 Å². The maximum Gasteiger partial charge on any atom is 0.408 e. The number of ether oxygens (including phenoxy) is 1. The van der Waals surface area contributed by atoms with Crippen LogP contribution in [0.4, 0.5) is 13.6 Å². The first-order chi connectivity index (χ1) is 22.2. The molecule has 3 amide bonds. The summed E-state index contributed by atoms with van der Waals surface area (Å²) in [4.78, 5) is 40.5. The van der Waals surface area contributed by atoms with Gasteiger partial charge in [0.05, 0.1) is 0 Å². The molecule has 0 bridgehead atoms. The lowest BCUT2D eigenvalue weighted by atomic mass is 10.1. The van der Waals surface area contributed by atoms with Gasteiger partial charge in [-0.1, -0.05) is 84.9 Å². The van der Waals surface area contributed by atoms with Crippen LogP contribution in [0.5, 0.6) is 0 Å². The Morgan fingerprint density at radius 1 is 0.688 bits per heavy atom. The van der Waals surface area contributed by atoms with Crippen LogP contribution in [0.15, 0.2) is 109 Å². The van der Waals surface area contributed by atoms with E-state index >= 15 is 0 Å². The number of hydrogen-bond donors (Lipinski definition) is 2. The second kappa shape index (κ2) is 18.5. The van der Waals surface area contributed by atoms with Crippen LogP contribution in [-0.4, -0.2) is 47.4 Å². The van der Waals surface area contributed by atoms with E-state index in [4.69, 9.17) is 10.5 Å². The van der Waals surface area contributed by atoms with Crippen molar-refractivity contribution in [3.05, 3.63) is 143 Å². The van der Waals surface area contributed by atoms with Crippen LogP contribution in [-0.2, 0) is 27.4 Å². The normalized spacial score (nSPS) is 11.8. The van der Waals surface area contributed by atoms with Gasteiger partial charge in [0.1, 0.15) is 29.3 Å². The molecular formula is C37H43ClF2N4O4. The van der Waals surface area contributed by atoms with Crippen molar-refractivity contribution >= 4 is 30.3 Å². The molecule has 4 rings (SSSR count). The number of hydrogen-bond acceptors (Lipinski definition) is 5. The van der Waals surface area contributed by atoms with Gasteiger partial charge in [-0.05, 0) is 67.3 Å². The average molecular weight is 681 g/mol. The van der Waals surface area contributed by atoms with Crippen LogP contribution in [0, 0.1) is 11.6 Å². The molecule has 4 aromatic carbocycles. The Morgan fingerprint density at radius 2 is 1.08 bits per heavy atom. The highest BCUT2D eigenvalue weighted by atomic mass is 35.5. The first-order valence-electron chi connectivity index (χ1n) is 15.1. The van der Waals surface area contributed by atoms with E-state index in [-0.39, 0.29) is 35.9 Å². The van der Waals surface area contributed by atoms with Crippen LogP contribution < -0.4 is 11.1 Å². The molecule has 0 aliphatic heterocycles. The van der Waals surface area contributed by atoms with Crippen molar-refractivity contribution in [2.45, 2.75) is 51.5 Å². The molecule has 2 atom stereocenters. The molecular weight excluding hydrogens is 638 g/mol. The Balaban J connectivity index is 0.000000340. The van der Waals surface area contributed by atoms with Crippen molar-refractivity contribution in [1.29, 1.82) is 0 Å². The predicted octanol–water partition coefficient (Wildman–Crippen LogP) is 6.96. The zero-order valence-electron chi connectivity index (χ0n) is 27.7. The van der Waals surface area contributed by atoms with Gasteiger partial charge in [0.25, 0.3) is 0 Å². The molecule has 0 aliphatic rings. The summed E-state index contributed by atoms with van der Waals surface area (Å²) in [5.74, 6) is -1.08. The van der Waals surface area contributed by atoms with E-state index in [2.05, 4.69) is 5.32 Å². The third kappa shape index (κ3) is 12.8. The maximum absolute atomic E-state index is 13.1. The van der Waals surface area contributed by atoms with Crippen molar-refractivity contribution in [1.82, 2.24) is 15.1 Å². The summed E-state index contributed by atoms with van der Waals surface area (Å²) in [7, 11) is 3.33. The lowest BCUT2D eigenvalue weighted by molar-refractivity contribution is -0.133. The summed E-state index contributed by atoms with van der Waals surface area (Å²) >= 11 is 0. The smallest absolute Gasteiger partial charge is 0.408 e. The Morgan fingerprint density at radius 3 is 1.50 bits per heavy atom. The molecule has 0 spiro atoms. The topological polar surface area (TPSA) is 105 Å². The van der Waals surface area contributed by atoms with Crippen molar-refractivity contribution in [2.75, 3.05) is 14.1 Å². The van der Waals surface area contributed by atoms with E-state index in [1.54, 1.807) is 88.3 Å². The second-order valence-electron chi connectivity index (χ2n) is 12.0. The molecule has 11 heteroatoms. The minimum atomic E-state index is -0.883. The molecule has 0 saturated carbocycles. The average Bonchev–Trinajstić information content (AvgIpc) is 3.05. The zero-order valence-corrected chi connectivity index (χ0v) is 28.5. The largest absolute Gasteiger partial charge is 0.444 e. The second-order valence-corrected chi connectivity index (χ2v) is 12.0. The molecule has 4 aromatic rings. The Kier molecular flexibility index (Phi) is 15.2. The fraction of sp³-hybridized carbons (Fsp3) is 0.270. The number of rotatable bonds is 9. The van der Waals surface area contributed by atoms with E-state index in [0.717, 1.165) is 16.7 Å². The van der Waals surface area contributed by atoms with Crippen LogP contribution in [0.3, 0.4) is 0 Å². The van der Waals surface area contributed by atoms with E-state index < -0.39 is 23.8 Å². The fourth-order valence-corrected chi connectivity index (χ4v) is 4.50. The first kappa shape index (κ1) is 39.4. The van der Waals surface area contributed by atoms with Gasteiger partial charge in [0, 0.05) is 27.2 Å². The Labute approximate surface area is 287 Å². The molecule has 0 aliphatic carbocycles. The molecule has 0 radical (unpaired) electrons. The highest BCUT2D eigenvalue weighted by Gasteiger charge is 2.28. The summed E-state index contributed by atoms with van der Waals surface area (Å²) in [6.07, 6.45) is -0.667. The summed E-state index contributed by atoms with van der Waals surface area (Å²) in [6.45, 7) is 5.96. The standard InChI is InChI=1S/C21H25FN2O3.C16H17FN2O.ClH/c1-21(2,3)27-20(26)23-18(16-8-6-5-7-9-16)19(25)24(4)14-15-10-12-17(22)13-11-15;1-19(11-12-7-9-14(17)10-8-12)16(20)15(18)13-5-3-2-4-6-13;/h5-13,18H,14H2,1-4H3,(H,23,26);2-10,15H,11,18H2,1H3;1H/t;15-;/m.0./s1. The Bertz CT molecular complexity index is 1590. The monoisotopic (exact) mass is 680 g/mol. The lowest BCUT2D eigenvalue weighted by Crippen LogP contribution is -2.43. The number of carbonyl (C=O) groups excluding carboxylic acids is 3. The zero-order chi connectivity index (χ0) is 34.6. The van der Waals surface area contributed by atoms with E-state index in [1.165, 1.54) is 29.2 Å². The lowest BCUT2D eigenvalue weighted by Gasteiger charge is -2.27. The van der Waals surface area contributed by atoms with Gasteiger partial charge in [0.15, 0.2) is 0 Å². The summed E-state index contributed by atoms with van der Waals surface area (Å²) < 4.78 is 31.2. The van der Waals surface area contributed by atoms with Crippen molar-refractivity contribution in [3.63, 3.8) is 0 Å². The number of nitrogens with two attached hydrogens (primary N) is 1. The van der Waals surface area contributed by atoms with Gasteiger partial charge in [-0.25, -0.2) is 13.6 Å². The van der Waals surface area contributed by atoms with E-state index in [1.807, 2.05) is 36.4 Å². The third-order valence-electron chi connectivity index (χ3n) is 6.88. The molecule has 0 fully saturated rings. The van der Waals surface area contributed by atoms with E-state index in [0.29, 0.717) is 18.7 Å². The number of likely N-dealkylation sites (N-methyl/N-ethyl adjacent to an activating group) is 2. The predicted molar refractivity (Wildman–Crippen MR) is 185 cm³/mol. The molecule has 3 N–H and O–H groups in total. The van der Waals surface area contributed by atoms with Gasteiger partial charge in [-0.3, -0.25) is 9.59 Å². The number of benzene rings is 4. The van der Waals surface area contributed by atoms with Gasteiger partial charge in [0.2, 0.25) is 11.8 Å². The highest BCUT2D eigenvalue weighted by Crippen LogP contribution is 2.19. The summed E-state index contributed by atoms with van der Waals surface area (Å²) in [5, 5.41) is 2.65. The Hall–Kier alpha value is -4.80. The minimum Gasteiger partial charge on any atom is -0.444 e. The summed E-state index contributed by atoms with van der Waals surface area (Å²) in [5.41, 5.74) is 8.38. The first-order valence-corrected chi connectivity index (χ1v) is 15.1. The van der Waals surface area contributed by atoms with Crippen molar-refractivity contribution < 1.29 is 27.9 Å². The van der Waals surface area contributed by atoms with Crippen molar-refractivity contribution in [3.8, 4) is 0 Å². The molecule has 0 heterocycles. The molecule has 8 nitrogen and oxygen atoms in total. The number of carbonyl (C=O) groups is 3. The quantitative estimate of drug-likeness (QED) is 0.199. The highest BCUT2D eigenvalue weighted by molar-refractivity contribution is 5.87. The molecule has 256 valence electrons. The van der Waals surface area contributed by atoms with Crippen LogP contribution >= 0.6 is 12.4 Å². The molecule has 1 unspecified atom stereocenters. The van der Waals surface area contributed by atoms with Crippen LogP contribution in [0.2, 0.25) is 0 Å². The maximum atomic E-state index is 13.1. The minimum absolute atomic E-state index is 0. The number of amides is 3. The SMILES string of the molecule is CN(Cc1ccc(F)cc1)C(=O)C(NC(=O)OC(C)(C)C)c1ccccc1.CN(Cc1ccc(F)cc1)C(=O)[C@@H](N)c1ccccc1.Cl. The molecule has 0 saturated heterocycles. The number of alkyl carbamates (subject to hydrolysis) is 1.